The van der Waals surface area contributed by atoms with Crippen molar-refractivity contribution in [2.45, 2.75) is 19.1 Å². The van der Waals surface area contributed by atoms with Gasteiger partial charge in [0, 0.05) is 5.92 Å². The molecule has 1 heterocycles. The standard InChI is InChI=1S/C5H10OS/c1-4-3-7(6)5(4)2/h4-5H,3H2,1-2H3/t4?,5-,7?/m1/s1. The van der Waals surface area contributed by atoms with Crippen LogP contribution in [0.15, 0.2) is 0 Å². The Morgan fingerprint density at radius 3 is 2.14 bits per heavy atom. The maximum absolute atomic E-state index is 10.6. The summed E-state index contributed by atoms with van der Waals surface area (Å²) in [6.07, 6.45) is 0. The van der Waals surface area contributed by atoms with Gasteiger partial charge in [-0.05, 0) is 6.92 Å². The van der Waals surface area contributed by atoms with Crippen LogP contribution in [0.25, 0.3) is 0 Å². The van der Waals surface area contributed by atoms with Crippen molar-refractivity contribution in [3.05, 3.63) is 0 Å². The van der Waals surface area contributed by atoms with Crippen LogP contribution in [0.3, 0.4) is 0 Å². The summed E-state index contributed by atoms with van der Waals surface area (Å²) in [6.45, 7) is 4.19. The van der Waals surface area contributed by atoms with Gasteiger partial charge in [-0.25, -0.2) is 0 Å². The third kappa shape index (κ3) is 0.774. The number of hydrogen-bond acceptors (Lipinski definition) is 1. The molecule has 7 heavy (non-hydrogen) atoms. The van der Waals surface area contributed by atoms with E-state index < -0.39 is 11.2 Å². The van der Waals surface area contributed by atoms with Gasteiger partial charge in [0.1, 0.15) is 11.0 Å². The minimum atomic E-state index is -0.467. The van der Waals surface area contributed by atoms with Crippen molar-refractivity contribution in [1.29, 1.82) is 0 Å². The van der Waals surface area contributed by atoms with Gasteiger partial charge in [0.25, 0.3) is 0 Å². The molecule has 3 atom stereocenters. The Bertz CT molecular complexity index is 66.5. The van der Waals surface area contributed by atoms with Crippen molar-refractivity contribution in [1.82, 2.24) is 0 Å². The van der Waals surface area contributed by atoms with E-state index in [9.17, 15) is 4.55 Å². The fourth-order valence-corrected chi connectivity index (χ4v) is 2.05. The second-order valence-corrected chi connectivity index (χ2v) is 4.07. The molecule has 1 aliphatic heterocycles. The predicted molar refractivity (Wildman–Crippen MR) is 31.6 cm³/mol. The SMILES string of the molecule is CC1C[S+]([O-])[C@@H]1C. The molecule has 1 fully saturated rings. The van der Waals surface area contributed by atoms with Crippen molar-refractivity contribution >= 4 is 11.2 Å². The van der Waals surface area contributed by atoms with Crippen LogP contribution in [0.2, 0.25) is 0 Å². The zero-order valence-electron chi connectivity index (χ0n) is 4.68. The Balaban J connectivity index is 2.29. The van der Waals surface area contributed by atoms with Crippen molar-refractivity contribution in [3.8, 4) is 0 Å². The summed E-state index contributed by atoms with van der Waals surface area (Å²) >= 11 is -0.467. The fraction of sp³-hybridized carbons (Fsp3) is 1.00. The molecule has 0 aromatic heterocycles. The molecule has 2 heteroatoms. The summed E-state index contributed by atoms with van der Waals surface area (Å²) in [6, 6.07) is 0. The Hall–Kier alpha value is 0.310. The highest BCUT2D eigenvalue weighted by molar-refractivity contribution is 7.93. The van der Waals surface area contributed by atoms with Gasteiger partial charge in [-0.2, -0.15) is 0 Å². The second kappa shape index (κ2) is 1.67. The molecule has 0 radical (unpaired) electrons. The van der Waals surface area contributed by atoms with Gasteiger partial charge >= 0.3 is 0 Å². The average molecular weight is 118 g/mol. The molecule has 1 aliphatic rings. The molecule has 2 unspecified atom stereocenters. The lowest BCUT2D eigenvalue weighted by molar-refractivity contribution is 0.491. The Labute approximate surface area is 47.3 Å². The monoisotopic (exact) mass is 118 g/mol. The predicted octanol–water partition coefficient (Wildman–Crippen LogP) is 0.773. The maximum atomic E-state index is 10.6. The summed E-state index contributed by atoms with van der Waals surface area (Å²) in [5.74, 6) is 1.64. The molecular weight excluding hydrogens is 108 g/mol. The van der Waals surface area contributed by atoms with Crippen molar-refractivity contribution in [2.24, 2.45) is 5.92 Å². The van der Waals surface area contributed by atoms with Crippen LogP contribution in [-0.2, 0) is 11.2 Å². The molecule has 1 rings (SSSR count). The van der Waals surface area contributed by atoms with Crippen LogP contribution in [0.5, 0.6) is 0 Å². The van der Waals surface area contributed by atoms with Gasteiger partial charge < -0.3 is 4.55 Å². The summed E-state index contributed by atoms with van der Waals surface area (Å²) in [4.78, 5) is 0. The van der Waals surface area contributed by atoms with E-state index in [1.807, 2.05) is 6.92 Å². The van der Waals surface area contributed by atoms with Crippen LogP contribution >= 0.6 is 0 Å². The molecule has 1 nitrogen and oxygen atoms in total. The van der Waals surface area contributed by atoms with E-state index in [0.29, 0.717) is 11.2 Å². The molecule has 0 bridgehead atoms. The molecular formula is C5H10OS. The lowest BCUT2D eigenvalue weighted by atomic mass is 10.1. The van der Waals surface area contributed by atoms with Gasteiger partial charge in [0.15, 0.2) is 0 Å². The van der Waals surface area contributed by atoms with Crippen LogP contribution in [0.1, 0.15) is 13.8 Å². The van der Waals surface area contributed by atoms with E-state index >= 15 is 0 Å². The molecule has 42 valence electrons. The highest BCUT2D eigenvalue weighted by Gasteiger charge is 2.37. The van der Waals surface area contributed by atoms with Crippen LogP contribution < -0.4 is 0 Å². The van der Waals surface area contributed by atoms with Crippen LogP contribution in [0.4, 0.5) is 0 Å². The Morgan fingerprint density at radius 1 is 1.57 bits per heavy atom. The first-order valence-corrected chi connectivity index (χ1v) is 3.97. The Morgan fingerprint density at radius 2 is 2.14 bits per heavy atom. The molecule has 0 saturated carbocycles. The molecule has 0 aromatic rings. The smallest absolute Gasteiger partial charge is 0.119 e. The van der Waals surface area contributed by atoms with Gasteiger partial charge in [0.2, 0.25) is 0 Å². The Kier molecular flexibility index (Phi) is 1.30. The number of hydrogen-bond donors (Lipinski definition) is 0. The summed E-state index contributed by atoms with van der Waals surface area (Å²) in [5.41, 5.74) is 0. The largest absolute Gasteiger partial charge is 0.616 e. The first kappa shape index (κ1) is 5.45. The first-order chi connectivity index (χ1) is 3.22. The molecule has 0 amide bonds. The minimum absolute atomic E-state index is 0.467. The van der Waals surface area contributed by atoms with Crippen molar-refractivity contribution in [2.75, 3.05) is 5.75 Å². The summed E-state index contributed by atoms with van der Waals surface area (Å²) in [7, 11) is 0. The molecule has 0 aromatic carbocycles. The van der Waals surface area contributed by atoms with Crippen molar-refractivity contribution in [3.63, 3.8) is 0 Å². The second-order valence-electron chi connectivity index (χ2n) is 2.23. The first-order valence-electron chi connectivity index (χ1n) is 2.59. The van der Waals surface area contributed by atoms with E-state index in [2.05, 4.69) is 6.92 Å². The van der Waals surface area contributed by atoms with Crippen molar-refractivity contribution < 1.29 is 4.55 Å². The lowest BCUT2D eigenvalue weighted by Gasteiger charge is -2.33. The molecule has 1 saturated heterocycles. The normalized spacial score (nSPS) is 51.0. The van der Waals surface area contributed by atoms with Gasteiger partial charge in [0.05, 0.1) is 0 Å². The zero-order chi connectivity index (χ0) is 5.44. The highest BCUT2D eigenvalue weighted by Crippen LogP contribution is 2.26. The zero-order valence-corrected chi connectivity index (χ0v) is 5.49. The third-order valence-corrected chi connectivity index (χ3v) is 3.79. The minimum Gasteiger partial charge on any atom is -0.616 e. The summed E-state index contributed by atoms with van der Waals surface area (Å²) in [5, 5.41) is 0.472. The maximum Gasteiger partial charge on any atom is 0.119 e. The van der Waals surface area contributed by atoms with E-state index in [1.54, 1.807) is 0 Å². The van der Waals surface area contributed by atoms with Crippen LogP contribution in [-0.4, -0.2) is 15.6 Å². The van der Waals surface area contributed by atoms with E-state index in [4.69, 9.17) is 0 Å². The molecule has 0 spiro atoms. The van der Waals surface area contributed by atoms with Gasteiger partial charge in [-0.1, -0.05) is 18.1 Å². The average Bonchev–Trinajstić information content (AvgIpc) is 1.68. The van der Waals surface area contributed by atoms with E-state index in [1.165, 1.54) is 0 Å². The van der Waals surface area contributed by atoms with Gasteiger partial charge in [-0.15, -0.1) is 0 Å². The van der Waals surface area contributed by atoms with E-state index in [0.717, 1.165) is 5.75 Å². The van der Waals surface area contributed by atoms with E-state index in [-0.39, 0.29) is 0 Å². The molecule has 0 N–H and O–H groups in total. The van der Waals surface area contributed by atoms with Gasteiger partial charge in [-0.3, -0.25) is 0 Å². The quantitative estimate of drug-likeness (QED) is 0.431. The number of rotatable bonds is 0. The fourth-order valence-electron chi connectivity index (χ4n) is 0.683. The lowest BCUT2D eigenvalue weighted by Crippen LogP contribution is -2.43. The third-order valence-electron chi connectivity index (χ3n) is 1.64. The topological polar surface area (TPSA) is 23.1 Å². The van der Waals surface area contributed by atoms with Crippen LogP contribution in [0, 0.1) is 5.92 Å². The highest BCUT2D eigenvalue weighted by atomic mass is 32.2. The summed E-state index contributed by atoms with van der Waals surface area (Å²) < 4.78 is 10.6. The molecule has 0 aliphatic carbocycles.